The lowest BCUT2D eigenvalue weighted by atomic mass is 9.98. The Kier molecular flexibility index (Phi) is 6.84. The molecule has 0 amide bonds. The highest BCUT2D eigenvalue weighted by Crippen LogP contribution is 2.43. The second-order valence-corrected chi connectivity index (χ2v) is 8.81. The van der Waals surface area contributed by atoms with E-state index in [4.69, 9.17) is 13.9 Å². The van der Waals surface area contributed by atoms with Crippen LogP contribution in [0, 0.1) is 25.2 Å². The molecular weight excluding hydrogens is 474 g/mol. The Hall–Kier alpha value is -5.02. The predicted octanol–water partition coefficient (Wildman–Crippen LogP) is 7.66. The molecule has 0 saturated heterocycles. The van der Waals surface area contributed by atoms with Crippen LogP contribution in [0.2, 0.25) is 0 Å². The van der Waals surface area contributed by atoms with E-state index in [9.17, 15) is 5.26 Å². The van der Waals surface area contributed by atoms with Crippen molar-refractivity contribution < 1.29 is 13.9 Å². The highest BCUT2D eigenvalue weighted by molar-refractivity contribution is 5.90. The number of benzene rings is 3. The van der Waals surface area contributed by atoms with E-state index in [0.29, 0.717) is 16.9 Å². The zero-order valence-corrected chi connectivity index (χ0v) is 21.7. The molecule has 0 aliphatic rings. The van der Waals surface area contributed by atoms with Crippen molar-refractivity contribution >= 4 is 12.1 Å². The average molecular weight is 502 g/mol. The predicted molar refractivity (Wildman–Crippen MR) is 150 cm³/mol. The van der Waals surface area contributed by atoms with Gasteiger partial charge in [0.25, 0.3) is 0 Å². The summed E-state index contributed by atoms with van der Waals surface area (Å²) >= 11 is 0. The van der Waals surface area contributed by atoms with Crippen LogP contribution in [0.25, 0.3) is 28.1 Å². The molecule has 2 aromatic heterocycles. The topological polar surface area (TPSA) is 72.7 Å². The Labute approximate surface area is 222 Å². The van der Waals surface area contributed by atoms with Crippen molar-refractivity contribution in [1.29, 1.82) is 5.26 Å². The number of ether oxygens (including phenoxy) is 2. The molecule has 0 aliphatic carbocycles. The third-order valence-corrected chi connectivity index (χ3v) is 6.54. The first-order valence-corrected chi connectivity index (χ1v) is 12.2. The molecule has 0 radical (unpaired) electrons. The number of aryl methyl sites for hydroxylation is 1. The Morgan fingerprint density at radius 2 is 1.45 bits per heavy atom. The van der Waals surface area contributed by atoms with Gasteiger partial charge < -0.3 is 18.5 Å². The molecule has 0 spiro atoms. The van der Waals surface area contributed by atoms with Crippen molar-refractivity contribution in [2.45, 2.75) is 13.8 Å². The first-order valence-electron chi connectivity index (χ1n) is 12.2. The lowest BCUT2D eigenvalue weighted by Gasteiger charge is -2.08. The standard InChI is InChI=1S/C32H27N3O3/c1-21-18-25(22(2)35(21)26-8-6-5-7-9-26)20-34-32-29(19-33)30(23-10-14-27(36-3)15-11-23)31(38-32)24-12-16-28(37-4)17-13-24/h5-18,20H,1-4H3. The van der Waals surface area contributed by atoms with Gasteiger partial charge in [0.15, 0.2) is 0 Å². The molecule has 2 heterocycles. The second kappa shape index (κ2) is 10.5. The first kappa shape index (κ1) is 24.7. The van der Waals surface area contributed by atoms with Gasteiger partial charge in [-0.25, -0.2) is 4.99 Å². The molecule has 0 bridgehead atoms. The summed E-state index contributed by atoms with van der Waals surface area (Å²) < 4.78 is 19.1. The second-order valence-electron chi connectivity index (χ2n) is 8.81. The van der Waals surface area contributed by atoms with Crippen LogP contribution in [0.5, 0.6) is 11.5 Å². The highest BCUT2D eigenvalue weighted by atomic mass is 16.5. The van der Waals surface area contributed by atoms with E-state index in [1.165, 1.54) is 0 Å². The lowest BCUT2D eigenvalue weighted by Crippen LogP contribution is -1.98. The molecule has 6 nitrogen and oxygen atoms in total. The van der Waals surface area contributed by atoms with Gasteiger partial charge in [0, 0.05) is 40.0 Å². The number of methoxy groups -OCH3 is 2. The summed E-state index contributed by atoms with van der Waals surface area (Å²) in [5.41, 5.74) is 6.88. The maximum atomic E-state index is 10.2. The van der Waals surface area contributed by atoms with Crippen LogP contribution in [0.4, 0.5) is 5.88 Å². The smallest absolute Gasteiger partial charge is 0.238 e. The Morgan fingerprint density at radius 3 is 2.03 bits per heavy atom. The van der Waals surface area contributed by atoms with Gasteiger partial charge >= 0.3 is 0 Å². The quantitative estimate of drug-likeness (QED) is 0.215. The van der Waals surface area contributed by atoms with Crippen molar-refractivity contribution in [2.75, 3.05) is 14.2 Å². The molecule has 0 unspecified atom stereocenters. The van der Waals surface area contributed by atoms with Crippen molar-refractivity contribution in [1.82, 2.24) is 4.57 Å². The van der Waals surface area contributed by atoms with Crippen molar-refractivity contribution in [3.63, 3.8) is 0 Å². The summed E-state index contributed by atoms with van der Waals surface area (Å²) in [6, 6.07) is 29.7. The van der Waals surface area contributed by atoms with Gasteiger partial charge in [-0.2, -0.15) is 5.26 Å². The van der Waals surface area contributed by atoms with E-state index in [-0.39, 0.29) is 5.88 Å². The van der Waals surface area contributed by atoms with Gasteiger partial charge in [-0.1, -0.05) is 30.3 Å². The molecule has 5 rings (SSSR count). The third kappa shape index (κ3) is 4.58. The molecule has 0 saturated carbocycles. The molecule has 0 N–H and O–H groups in total. The minimum atomic E-state index is 0.258. The number of furan rings is 1. The van der Waals surface area contributed by atoms with Crippen molar-refractivity contribution in [3.05, 3.63) is 107 Å². The molecule has 5 aromatic rings. The number of para-hydroxylation sites is 1. The van der Waals surface area contributed by atoms with Crippen LogP contribution >= 0.6 is 0 Å². The number of hydrogen-bond donors (Lipinski definition) is 0. The SMILES string of the molecule is COc1ccc(-c2oc(N=Cc3cc(C)n(-c4ccccc4)c3C)c(C#N)c2-c2ccc(OC)cc2)cc1. The van der Waals surface area contributed by atoms with Crippen LogP contribution in [0.15, 0.2) is 94.3 Å². The largest absolute Gasteiger partial charge is 0.497 e. The Balaban J connectivity index is 1.62. The van der Waals surface area contributed by atoms with Crippen LogP contribution in [0.1, 0.15) is 22.5 Å². The van der Waals surface area contributed by atoms with Gasteiger partial charge in [0.1, 0.15) is 28.9 Å². The Morgan fingerprint density at radius 1 is 0.842 bits per heavy atom. The molecule has 0 atom stereocenters. The van der Waals surface area contributed by atoms with Crippen LogP contribution in [0.3, 0.4) is 0 Å². The van der Waals surface area contributed by atoms with Gasteiger partial charge in [-0.15, -0.1) is 0 Å². The third-order valence-electron chi connectivity index (χ3n) is 6.54. The van der Waals surface area contributed by atoms with E-state index in [2.05, 4.69) is 47.7 Å². The molecule has 0 aliphatic heterocycles. The van der Waals surface area contributed by atoms with Gasteiger partial charge in [-0.05, 0) is 74.0 Å². The van der Waals surface area contributed by atoms with Crippen LogP contribution < -0.4 is 9.47 Å². The summed E-state index contributed by atoms with van der Waals surface area (Å²) in [5, 5.41) is 10.2. The number of hydrogen-bond acceptors (Lipinski definition) is 5. The monoisotopic (exact) mass is 501 g/mol. The van der Waals surface area contributed by atoms with E-state index < -0.39 is 0 Å². The van der Waals surface area contributed by atoms with E-state index in [0.717, 1.165) is 45.3 Å². The Bertz CT molecular complexity index is 1640. The van der Waals surface area contributed by atoms with Crippen LogP contribution in [-0.4, -0.2) is 25.0 Å². The molecule has 0 fully saturated rings. The summed E-state index contributed by atoms with van der Waals surface area (Å²) in [5.74, 6) is 2.29. The fourth-order valence-corrected chi connectivity index (χ4v) is 4.61. The van der Waals surface area contributed by atoms with Crippen molar-refractivity contribution in [2.24, 2.45) is 4.99 Å². The zero-order valence-electron chi connectivity index (χ0n) is 21.7. The number of aliphatic imine (C=N–C) groups is 1. The molecule has 6 heteroatoms. The van der Waals surface area contributed by atoms with Crippen molar-refractivity contribution in [3.8, 4) is 45.7 Å². The number of aromatic nitrogens is 1. The molecule has 3 aromatic carbocycles. The minimum Gasteiger partial charge on any atom is -0.497 e. The molecule has 38 heavy (non-hydrogen) atoms. The fourth-order valence-electron chi connectivity index (χ4n) is 4.61. The maximum Gasteiger partial charge on any atom is 0.238 e. The zero-order chi connectivity index (χ0) is 26.6. The summed E-state index contributed by atoms with van der Waals surface area (Å²) in [7, 11) is 3.25. The van der Waals surface area contributed by atoms with Gasteiger partial charge in [0.05, 0.1) is 14.2 Å². The average Bonchev–Trinajstić information content (AvgIpc) is 3.48. The lowest BCUT2D eigenvalue weighted by molar-refractivity contribution is 0.414. The summed E-state index contributed by atoms with van der Waals surface area (Å²) in [6.45, 7) is 4.12. The fraction of sp³-hybridized carbons (Fsp3) is 0.125. The molecule has 188 valence electrons. The van der Waals surface area contributed by atoms with E-state index in [1.54, 1.807) is 20.4 Å². The van der Waals surface area contributed by atoms with E-state index in [1.807, 2.05) is 66.7 Å². The molecular formula is C32H27N3O3. The highest BCUT2D eigenvalue weighted by Gasteiger charge is 2.23. The van der Waals surface area contributed by atoms with Gasteiger partial charge in [0.2, 0.25) is 5.88 Å². The van der Waals surface area contributed by atoms with Gasteiger partial charge in [-0.3, -0.25) is 0 Å². The minimum absolute atomic E-state index is 0.258. The summed E-state index contributed by atoms with van der Waals surface area (Å²) in [4.78, 5) is 4.68. The maximum absolute atomic E-state index is 10.2. The van der Waals surface area contributed by atoms with E-state index >= 15 is 0 Å². The summed E-state index contributed by atoms with van der Waals surface area (Å²) in [6.07, 6.45) is 1.76. The number of rotatable bonds is 7. The first-order chi connectivity index (χ1) is 18.5. The number of nitriles is 1. The normalized spacial score (nSPS) is 11.0. The number of nitrogens with zero attached hydrogens (tertiary/aromatic N) is 3. The van der Waals surface area contributed by atoms with Crippen LogP contribution in [-0.2, 0) is 0 Å².